The smallest absolute Gasteiger partial charge is 0.00987 e. The maximum Gasteiger partial charge on any atom is -0.00987 e. The number of hydrogen-bond donors (Lipinski definition) is 0. The molecule has 6 rings (SSSR count). The average Bonchev–Trinajstić information content (AvgIpc) is 3.22. The van der Waals surface area contributed by atoms with Gasteiger partial charge in [-0.25, -0.2) is 0 Å². The second-order valence-corrected chi connectivity index (χ2v) is 16.3. The minimum absolute atomic E-state index is 1.19. The van der Waals surface area contributed by atoms with E-state index in [9.17, 15) is 0 Å². The van der Waals surface area contributed by atoms with Crippen molar-refractivity contribution in [2.24, 2.45) is 0 Å². The van der Waals surface area contributed by atoms with Gasteiger partial charge in [0, 0.05) is 0 Å². The highest BCUT2D eigenvalue weighted by atomic mass is 14.2. The van der Waals surface area contributed by atoms with E-state index in [1.807, 2.05) is 0 Å². The molecular formula is C54H68. The lowest BCUT2D eigenvalue weighted by Crippen LogP contribution is -1.89. The van der Waals surface area contributed by atoms with E-state index in [1.165, 1.54) is 207 Å². The molecule has 0 atom stereocenters. The Morgan fingerprint density at radius 3 is 0.907 bits per heavy atom. The largest absolute Gasteiger partial charge is 0.0654 e. The van der Waals surface area contributed by atoms with Crippen LogP contribution in [0.1, 0.15) is 153 Å². The van der Waals surface area contributed by atoms with Crippen LogP contribution < -0.4 is 0 Å². The number of benzene rings is 6. The van der Waals surface area contributed by atoms with E-state index in [0.29, 0.717) is 0 Å². The van der Waals surface area contributed by atoms with Gasteiger partial charge in [0.15, 0.2) is 0 Å². The molecule has 0 unspecified atom stereocenters. The fourth-order valence-electron chi connectivity index (χ4n) is 8.78. The van der Waals surface area contributed by atoms with Crippen molar-refractivity contribution >= 4 is 32.3 Å². The van der Waals surface area contributed by atoms with Crippen LogP contribution >= 0.6 is 0 Å². The van der Waals surface area contributed by atoms with Crippen molar-refractivity contribution in [1.82, 2.24) is 0 Å². The Morgan fingerprint density at radius 1 is 0.259 bits per heavy atom. The molecule has 0 N–H and O–H groups in total. The third kappa shape index (κ3) is 11.1. The van der Waals surface area contributed by atoms with Crippen LogP contribution in [0.3, 0.4) is 0 Å². The summed E-state index contributed by atoms with van der Waals surface area (Å²) in [5, 5.41) is 8.01. The Labute approximate surface area is 328 Å². The normalized spacial score (nSPS) is 11.7. The Kier molecular flexibility index (Phi) is 16.1. The highest BCUT2D eigenvalue weighted by Crippen LogP contribution is 2.38. The van der Waals surface area contributed by atoms with Gasteiger partial charge in [-0.15, -0.1) is 0 Å². The molecule has 0 radical (unpaired) electrons. The molecule has 0 aliphatic carbocycles. The molecule has 0 saturated heterocycles. The molecule has 0 heterocycles. The zero-order chi connectivity index (χ0) is 37.2. The average molecular weight is 717 g/mol. The maximum atomic E-state index is 2.36. The van der Waals surface area contributed by atoms with E-state index in [4.69, 9.17) is 0 Å². The molecule has 6 aromatic rings. The van der Waals surface area contributed by atoms with Crippen molar-refractivity contribution in [3.63, 3.8) is 0 Å². The summed E-state index contributed by atoms with van der Waals surface area (Å²) < 4.78 is 0. The van der Waals surface area contributed by atoms with Gasteiger partial charge in [-0.1, -0.05) is 239 Å². The molecule has 0 heteroatoms. The van der Waals surface area contributed by atoms with Crippen molar-refractivity contribution < 1.29 is 0 Å². The van der Waals surface area contributed by atoms with Gasteiger partial charge in [-0.05, 0) is 91.4 Å². The van der Waals surface area contributed by atoms with Gasteiger partial charge in [0.2, 0.25) is 0 Å². The van der Waals surface area contributed by atoms with Crippen molar-refractivity contribution in [2.75, 3.05) is 0 Å². The van der Waals surface area contributed by atoms with Gasteiger partial charge in [0.1, 0.15) is 0 Å². The van der Waals surface area contributed by atoms with Crippen molar-refractivity contribution in [1.29, 1.82) is 0 Å². The topological polar surface area (TPSA) is 0 Å². The standard InChI is InChI=1S/C54H68/c1-3-5-7-9-11-13-15-17-19-21-25-43-31-35-45(36-32-43)47-27-23-29-49-51(47)39-41-54-50-30-24-28-48(52(50)40-42-53(49)54)46-37-33-44(34-38-46)26-22-20-18-16-14-12-10-8-6-4-2/h23-24,27-42H,3-22,25-26H2,1-2H3. The number of aryl methyl sites for hydroxylation is 2. The summed E-state index contributed by atoms with van der Waals surface area (Å²) in [6.45, 7) is 4.60. The zero-order valence-corrected chi connectivity index (χ0v) is 33.9. The molecular weight excluding hydrogens is 649 g/mol. The lowest BCUT2D eigenvalue weighted by atomic mass is 9.90. The van der Waals surface area contributed by atoms with Crippen LogP contribution in [0.25, 0.3) is 54.6 Å². The minimum atomic E-state index is 1.19. The molecule has 0 spiro atoms. The molecule has 0 fully saturated rings. The highest BCUT2D eigenvalue weighted by Gasteiger charge is 2.12. The number of fused-ring (bicyclic) bond motifs is 5. The molecule has 0 nitrogen and oxygen atoms in total. The fourth-order valence-corrected chi connectivity index (χ4v) is 8.78. The summed E-state index contributed by atoms with van der Waals surface area (Å²) in [4.78, 5) is 0. The molecule has 0 aliphatic rings. The third-order valence-corrected chi connectivity index (χ3v) is 12.1. The van der Waals surface area contributed by atoms with Gasteiger partial charge < -0.3 is 0 Å². The quantitative estimate of drug-likeness (QED) is 0.0432. The number of hydrogen-bond acceptors (Lipinski definition) is 0. The summed E-state index contributed by atoms with van der Waals surface area (Å²) in [6.07, 6.45) is 30.2. The van der Waals surface area contributed by atoms with Crippen LogP contribution in [0.15, 0.2) is 109 Å². The lowest BCUT2D eigenvalue weighted by molar-refractivity contribution is 0.556. The van der Waals surface area contributed by atoms with E-state index in [1.54, 1.807) is 0 Å². The number of unbranched alkanes of at least 4 members (excludes halogenated alkanes) is 18. The molecule has 0 aliphatic heterocycles. The van der Waals surface area contributed by atoms with E-state index in [-0.39, 0.29) is 0 Å². The first-order valence-corrected chi connectivity index (χ1v) is 22.3. The fraction of sp³-hybridized carbons (Fsp3) is 0.444. The summed E-state index contributed by atoms with van der Waals surface area (Å²) in [6, 6.07) is 42.0. The predicted octanol–water partition coefficient (Wildman–Crippen LogP) is 17.4. The Hall–Kier alpha value is -3.90. The Balaban J connectivity index is 1.06. The van der Waals surface area contributed by atoms with Crippen LogP contribution in [-0.2, 0) is 12.8 Å². The predicted molar refractivity (Wildman–Crippen MR) is 241 cm³/mol. The van der Waals surface area contributed by atoms with Crippen LogP contribution in [0.4, 0.5) is 0 Å². The van der Waals surface area contributed by atoms with Gasteiger partial charge in [-0.2, -0.15) is 0 Å². The van der Waals surface area contributed by atoms with E-state index < -0.39 is 0 Å². The lowest BCUT2D eigenvalue weighted by Gasteiger charge is -2.14. The molecule has 284 valence electrons. The van der Waals surface area contributed by atoms with Crippen molar-refractivity contribution in [2.45, 2.75) is 155 Å². The van der Waals surface area contributed by atoms with E-state index in [0.717, 1.165) is 0 Å². The van der Waals surface area contributed by atoms with E-state index >= 15 is 0 Å². The molecule has 54 heavy (non-hydrogen) atoms. The summed E-state index contributed by atoms with van der Waals surface area (Å²) in [5.41, 5.74) is 8.21. The third-order valence-electron chi connectivity index (χ3n) is 12.1. The monoisotopic (exact) mass is 717 g/mol. The van der Waals surface area contributed by atoms with Crippen LogP contribution in [0.5, 0.6) is 0 Å². The Bertz CT molecular complexity index is 1830. The summed E-state index contributed by atoms with van der Waals surface area (Å²) in [7, 11) is 0. The van der Waals surface area contributed by atoms with Crippen LogP contribution in [0.2, 0.25) is 0 Å². The zero-order valence-electron chi connectivity index (χ0n) is 33.9. The first-order valence-electron chi connectivity index (χ1n) is 22.3. The highest BCUT2D eigenvalue weighted by molar-refractivity contribution is 6.21. The van der Waals surface area contributed by atoms with Crippen molar-refractivity contribution in [3.05, 3.63) is 120 Å². The van der Waals surface area contributed by atoms with Gasteiger partial charge >= 0.3 is 0 Å². The van der Waals surface area contributed by atoms with Crippen LogP contribution in [-0.4, -0.2) is 0 Å². The van der Waals surface area contributed by atoms with Crippen LogP contribution in [0, 0.1) is 0 Å². The Morgan fingerprint density at radius 2 is 0.556 bits per heavy atom. The SMILES string of the molecule is CCCCCCCCCCCCc1ccc(-c2cccc3c2ccc2c4cccc(-c5ccc(CCCCCCCCCCCC)cc5)c4ccc32)cc1. The second kappa shape index (κ2) is 21.9. The first-order chi connectivity index (χ1) is 26.8. The number of rotatable bonds is 24. The molecule has 0 bridgehead atoms. The second-order valence-electron chi connectivity index (χ2n) is 16.3. The van der Waals surface area contributed by atoms with Gasteiger partial charge in [0.05, 0.1) is 0 Å². The molecule has 6 aromatic carbocycles. The maximum absolute atomic E-state index is 2.36. The minimum Gasteiger partial charge on any atom is -0.0654 e. The van der Waals surface area contributed by atoms with Gasteiger partial charge in [-0.3, -0.25) is 0 Å². The first kappa shape index (κ1) is 39.8. The van der Waals surface area contributed by atoms with Gasteiger partial charge in [0.25, 0.3) is 0 Å². The summed E-state index contributed by atoms with van der Waals surface area (Å²) in [5.74, 6) is 0. The molecule has 0 saturated carbocycles. The van der Waals surface area contributed by atoms with E-state index in [2.05, 4.69) is 123 Å². The molecule has 0 amide bonds. The molecule has 0 aromatic heterocycles. The summed E-state index contributed by atoms with van der Waals surface area (Å²) >= 11 is 0. The van der Waals surface area contributed by atoms with Crippen molar-refractivity contribution in [3.8, 4) is 22.3 Å².